The minimum Gasteiger partial charge on any atom is -0.493 e. The number of nitrogens with zero attached hydrogens (tertiary/aromatic N) is 2. The molecule has 1 unspecified atom stereocenters. The lowest BCUT2D eigenvalue weighted by Crippen LogP contribution is -2.46. The van der Waals surface area contributed by atoms with E-state index in [-0.39, 0.29) is 23.5 Å². The molecule has 2 atom stereocenters. The van der Waals surface area contributed by atoms with Gasteiger partial charge in [-0.3, -0.25) is 4.79 Å². The number of ether oxygens (including phenoxy) is 2. The number of carbonyl (C=O) groups excluding carboxylic acids is 2. The van der Waals surface area contributed by atoms with E-state index >= 15 is 0 Å². The van der Waals surface area contributed by atoms with Crippen LogP contribution in [0, 0.1) is 11.8 Å². The van der Waals surface area contributed by atoms with Crippen LogP contribution in [0.1, 0.15) is 81.9 Å². The van der Waals surface area contributed by atoms with Crippen LogP contribution in [0.2, 0.25) is 0 Å². The second-order valence-electron chi connectivity index (χ2n) is 13.2. The van der Waals surface area contributed by atoms with Gasteiger partial charge in [-0.2, -0.15) is 0 Å². The van der Waals surface area contributed by atoms with Crippen molar-refractivity contribution >= 4 is 23.6 Å². The fourth-order valence-corrected chi connectivity index (χ4v) is 7.35. The van der Waals surface area contributed by atoms with Crippen LogP contribution in [-0.2, 0) is 14.9 Å². The van der Waals surface area contributed by atoms with E-state index in [1.54, 1.807) is 0 Å². The number of benzene rings is 2. The Morgan fingerprint density at radius 1 is 0.930 bits per heavy atom. The van der Waals surface area contributed by atoms with E-state index in [0.717, 1.165) is 83.3 Å². The number of carbonyl (C=O) groups is 2. The lowest BCUT2D eigenvalue weighted by molar-refractivity contribution is -0.137. The maximum Gasteiger partial charge on any atom is 0.410 e. The zero-order valence-electron chi connectivity index (χ0n) is 25.8. The van der Waals surface area contributed by atoms with Crippen molar-refractivity contribution in [3.8, 4) is 5.75 Å². The second-order valence-corrected chi connectivity index (χ2v) is 13.2. The molecule has 2 amide bonds. The minimum absolute atomic E-state index is 0.0901. The van der Waals surface area contributed by atoms with Crippen molar-refractivity contribution in [1.29, 1.82) is 0 Å². The molecule has 2 aliphatic carbocycles. The van der Waals surface area contributed by atoms with E-state index < -0.39 is 0 Å². The van der Waals surface area contributed by atoms with Gasteiger partial charge in [0.2, 0.25) is 5.91 Å². The topological polar surface area (TPSA) is 59.1 Å². The van der Waals surface area contributed by atoms with Crippen LogP contribution < -0.4 is 4.74 Å². The molecule has 2 heterocycles. The third kappa shape index (κ3) is 6.68. The Morgan fingerprint density at radius 3 is 2.47 bits per heavy atom. The third-order valence-electron chi connectivity index (χ3n) is 9.96. The average Bonchev–Trinajstić information content (AvgIpc) is 3.20. The van der Waals surface area contributed by atoms with Gasteiger partial charge in [-0.15, -0.1) is 0 Å². The Kier molecular flexibility index (Phi) is 8.92. The number of piperidine rings is 1. The number of allylic oxidation sites excluding steroid dienone is 3. The highest BCUT2D eigenvalue weighted by Crippen LogP contribution is 2.44. The smallest absolute Gasteiger partial charge is 0.410 e. The van der Waals surface area contributed by atoms with E-state index in [2.05, 4.69) is 71.7 Å². The Hall–Kier alpha value is -3.54. The van der Waals surface area contributed by atoms with Crippen LogP contribution >= 0.6 is 0 Å². The summed E-state index contributed by atoms with van der Waals surface area (Å²) < 4.78 is 11.5. The molecule has 0 saturated carbocycles. The summed E-state index contributed by atoms with van der Waals surface area (Å²) in [7, 11) is 0. The first-order valence-electron chi connectivity index (χ1n) is 16.4. The molecule has 6 rings (SSSR count). The quantitative estimate of drug-likeness (QED) is 0.354. The molecule has 0 aromatic heterocycles. The predicted molar refractivity (Wildman–Crippen MR) is 171 cm³/mol. The van der Waals surface area contributed by atoms with Crippen LogP contribution in [0.25, 0.3) is 11.6 Å². The molecular weight excluding hydrogens is 536 g/mol. The average molecular weight is 583 g/mol. The molecule has 6 nitrogen and oxygen atoms in total. The molecule has 2 fully saturated rings. The van der Waals surface area contributed by atoms with Gasteiger partial charge in [0.15, 0.2) is 0 Å². The van der Waals surface area contributed by atoms with Gasteiger partial charge in [0.05, 0.1) is 12.7 Å². The van der Waals surface area contributed by atoms with Crippen LogP contribution in [-0.4, -0.2) is 60.7 Å². The highest BCUT2D eigenvalue weighted by atomic mass is 16.6. The van der Waals surface area contributed by atoms with Gasteiger partial charge in [-0.05, 0) is 106 Å². The van der Waals surface area contributed by atoms with Crippen molar-refractivity contribution in [2.45, 2.75) is 76.7 Å². The molecule has 0 radical (unpaired) electrons. The first-order valence-corrected chi connectivity index (χ1v) is 16.4. The van der Waals surface area contributed by atoms with Gasteiger partial charge in [-0.25, -0.2) is 4.79 Å². The fraction of sp³-hybridized carbons (Fsp3) is 0.514. The number of rotatable bonds is 6. The maximum absolute atomic E-state index is 13.4. The largest absolute Gasteiger partial charge is 0.493 e. The van der Waals surface area contributed by atoms with E-state index in [9.17, 15) is 9.59 Å². The molecule has 1 spiro atoms. The number of hydrogen-bond donors (Lipinski definition) is 0. The lowest BCUT2D eigenvalue weighted by atomic mass is 9.74. The van der Waals surface area contributed by atoms with E-state index in [0.29, 0.717) is 18.4 Å². The Bertz CT molecular complexity index is 1350. The zero-order chi connectivity index (χ0) is 29.8. The van der Waals surface area contributed by atoms with Crippen LogP contribution in [0.4, 0.5) is 4.79 Å². The monoisotopic (exact) mass is 582 g/mol. The van der Waals surface area contributed by atoms with E-state index in [4.69, 9.17) is 9.47 Å². The summed E-state index contributed by atoms with van der Waals surface area (Å²) in [5, 5.41) is 0. The number of likely N-dealkylation sites (tertiary alicyclic amines) is 2. The number of fused-ring (bicyclic) bond motifs is 2. The number of amides is 2. The molecule has 43 heavy (non-hydrogen) atoms. The van der Waals surface area contributed by atoms with Gasteiger partial charge >= 0.3 is 6.09 Å². The normalized spacial score (nSPS) is 23.1. The van der Waals surface area contributed by atoms with Crippen molar-refractivity contribution in [3.63, 3.8) is 0 Å². The second kappa shape index (κ2) is 13.0. The summed E-state index contributed by atoms with van der Waals surface area (Å²) in [5.41, 5.74) is 5.44. The molecular formula is C37H46N2O4. The molecule has 6 heteroatoms. The predicted octanol–water partition coefficient (Wildman–Crippen LogP) is 7.48. The Labute approximate surface area is 256 Å². The first-order chi connectivity index (χ1) is 20.9. The van der Waals surface area contributed by atoms with Crippen LogP contribution in [0.3, 0.4) is 0 Å². The highest BCUT2D eigenvalue weighted by Gasteiger charge is 2.40. The summed E-state index contributed by atoms with van der Waals surface area (Å²) in [4.78, 5) is 29.7. The van der Waals surface area contributed by atoms with Gasteiger partial charge < -0.3 is 19.3 Å². The highest BCUT2D eigenvalue weighted by molar-refractivity contribution is 5.81. The Balaban J connectivity index is 0.956. The van der Waals surface area contributed by atoms with Crippen molar-refractivity contribution in [2.75, 3.05) is 32.8 Å². The summed E-state index contributed by atoms with van der Waals surface area (Å²) in [6.07, 6.45) is 14.3. The van der Waals surface area contributed by atoms with Gasteiger partial charge in [0.25, 0.3) is 0 Å². The minimum atomic E-state index is -0.201. The van der Waals surface area contributed by atoms with Crippen molar-refractivity contribution < 1.29 is 19.1 Å². The molecule has 0 N–H and O–H groups in total. The molecule has 2 saturated heterocycles. The zero-order valence-corrected chi connectivity index (χ0v) is 25.8. The Morgan fingerprint density at radius 2 is 1.72 bits per heavy atom. The molecule has 2 aromatic rings. The van der Waals surface area contributed by atoms with Crippen molar-refractivity contribution in [2.24, 2.45) is 11.8 Å². The van der Waals surface area contributed by atoms with Crippen molar-refractivity contribution in [1.82, 2.24) is 9.80 Å². The van der Waals surface area contributed by atoms with Crippen LogP contribution in [0.5, 0.6) is 5.75 Å². The SMILES string of the molecule is CC(C)OC(=O)N1CCC[C@H](COc2ccc(C3=CCC(C(=O)N4CCC5(C=Cc6ccccc65)CC4)CC3)cc2)CC1. The van der Waals surface area contributed by atoms with Crippen molar-refractivity contribution in [3.05, 3.63) is 77.4 Å². The standard InChI is InChI=1S/C37H46N2O4/c1-27(2)43-36(41)39-22-5-6-28(18-23-39)26-42-33-15-13-30(14-16-33)29-9-11-32(12-10-29)35(40)38-24-20-37(21-25-38)19-17-31-7-3-4-8-34(31)37/h3-4,7-9,13-17,19,27-28,32H,5-6,10-12,18,20-26H2,1-2H3/t28-,32?/m0/s1. The maximum atomic E-state index is 13.4. The molecule has 2 aromatic carbocycles. The van der Waals surface area contributed by atoms with Crippen LogP contribution in [0.15, 0.2) is 60.7 Å². The summed E-state index contributed by atoms with van der Waals surface area (Å²) in [6, 6.07) is 17.1. The molecule has 4 aliphatic rings. The van der Waals surface area contributed by atoms with E-state index in [1.807, 2.05) is 18.7 Å². The molecule has 2 aliphatic heterocycles. The molecule has 0 bridgehead atoms. The third-order valence-corrected chi connectivity index (χ3v) is 9.96. The summed E-state index contributed by atoms with van der Waals surface area (Å²) in [6.45, 7) is 7.60. The fourth-order valence-electron chi connectivity index (χ4n) is 7.35. The van der Waals surface area contributed by atoms with E-state index in [1.165, 1.54) is 22.3 Å². The molecule has 228 valence electrons. The number of hydrogen-bond acceptors (Lipinski definition) is 4. The van der Waals surface area contributed by atoms with Gasteiger partial charge in [0.1, 0.15) is 5.75 Å². The van der Waals surface area contributed by atoms with Gasteiger partial charge in [0, 0.05) is 37.5 Å². The summed E-state index contributed by atoms with van der Waals surface area (Å²) in [5.74, 6) is 1.75. The lowest BCUT2D eigenvalue weighted by Gasteiger charge is -2.40. The first kappa shape index (κ1) is 29.5. The van der Waals surface area contributed by atoms with Gasteiger partial charge in [-0.1, -0.05) is 54.6 Å². The summed E-state index contributed by atoms with van der Waals surface area (Å²) >= 11 is 0.